The number of hydrogen-bond donors (Lipinski definition) is 0. The molecule has 2 aromatic carbocycles. The van der Waals surface area contributed by atoms with E-state index >= 15 is 0 Å². The lowest BCUT2D eigenvalue weighted by Crippen LogP contribution is -2.34. The first-order valence-corrected chi connectivity index (χ1v) is 9.68. The number of ether oxygens (including phenoxy) is 1. The molecule has 146 valence electrons. The van der Waals surface area contributed by atoms with Crippen molar-refractivity contribution in [1.29, 1.82) is 0 Å². The van der Waals surface area contributed by atoms with Gasteiger partial charge < -0.3 is 14.2 Å². The first-order valence-electron chi connectivity index (χ1n) is 9.31. The van der Waals surface area contributed by atoms with Crippen LogP contribution in [-0.2, 0) is 17.8 Å². The summed E-state index contributed by atoms with van der Waals surface area (Å²) < 4.78 is 7.39. The van der Waals surface area contributed by atoms with Gasteiger partial charge in [0, 0.05) is 32.1 Å². The Bertz CT molecular complexity index is 936. The summed E-state index contributed by atoms with van der Waals surface area (Å²) in [5.74, 6) is -0.0917. The van der Waals surface area contributed by atoms with Crippen LogP contribution >= 0.6 is 11.6 Å². The normalized spacial score (nSPS) is 10.8. The highest BCUT2D eigenvalue weighted by molar-refractivity contribution is 6.33. The van der Waals surface area contributed by atoms with Crippen molar-refractivity contribution in [1.82, 2.24) is 9.47 Å². The van der Waals surface area contributed by atoms with Crippen LogP contribution < -0.4 is 0 Å². The molecule has 0 radical (unpaired) electrons. The fourth-order valence-corrected chi connectivity index (χ4v) is 3.43. The molecule has 0 aliphatic heterocycles. The zero-order chi connectivity index (χ0) is 19.9. The van der Waals surface area contributed by atoms with Crippen LogP contribution in [0.2, 0.25) is 5.02 Å². The molecule has 0 fully saturated rings. The summed E-state index contributed by atoms with van der Waals surface area (Å²) in [5.41, 5.74) is 4.05. The van der Waals surface area contributed by atoms with E-state index in [4.69, 9.17) is 16.3 Å². The van der Waals surface area contributed by atoms with E-state index in [0.29, 0.717) is 30.3 Å². The number of hydrogen-bond acceptors (Lipinski definition) is 2. The number of amides is 1. The van der Waals surface area contributed by atoms with Gasteiger partial charge in [0.25, 0.3) is 5.91 Å². The maximum atomic E-state index is 13.1. The minimum absolute atomic E-state index is 0.0917. The Kier molecular flexibility index (Phi) is 6.90. The summed E-state index contributed by atoms with van der Waals surface area (Å²) in [6.45, 7) is 4.31. The Morgan fingerprint density at radius 3 is 2.68 bits per heavy atom. The van der Waals surface area contributed by atoms with Crippen molar-refractivity contribution in [3.8, 4) is 0 Å². The molecule has 5 heteroatoms. The second kappa shape index (κ2) is 9.58. The smallest absolute Gasteiger partial charge is 0.255 e. The Morgan fingerprint density at radius 1 is 1.11 bits per heavy atom. The molecule has 28 heavy (non-hydrogen) atoms. The van der Waals surface area contributed by atoms with Crippen LogP contribution in [0.3, 0.4) is 0 Å². The lowest BCUT2D eigenvalue weighted by molar-refractivity contribution is 0.0676. The Hall–Kier alpha value is -2.56. The van der Waals surface area contributed by atoms with E-state index in [-0.39, 0.29) is 5.91 Å². The third-order valence-corrected chi connectivity index (χ3v) is 5.00. The van der Waals surface area contributed by atoms with Crippen molar-refractivity contribution in [2.24, 2.45) is 0 Å². The van der Waals surface area contributed by atoms with Crippen LogP contribution in [-0.4, -0.2) is 35.6 Å². The molecule has 1 amide bonds. The van der Waals surface area contributed by atoms with Gasteiger partial charge in [-0.2, -0.15) is 0 Å². The van der Waals surface area contributed by atoms with Gasteiger partial charge in [-0.1, -0.05) is 53.6 Å². The minimum atomic E-state index is -0.0917. The summed E-state index contributed by atoms with van der Waals surface area (Å²) >= 11 is 6.25. The lowest BCUT2D eigenvalue weighted by atomic mass is 10.1. The molecule has 4 nitrogen and oxygen atoms in total. The van der Waals surface area contributed by atoms with Crippen LogP contribution in [0.5, 0.6) is 0 Å². The van der Waals surface area contributed by atoms with Crippen LogP contribution in [0.4, 0.5) is 0 Å². The SMILES string of the molecule is COCCN(Cc1cccn1Cc1cccc(C)c1)C(=O)c1ccccc1Cl. The molecule has 0 N–H and O–H groups in total. The van der Waals surface area contributed by atoms with Gasteiger partial charge in [0.15, 0.2) is 0 Å². The average molecular weight is 397 g/mol. The highest BCUT2D eigenvalue weighted by Gasteiger charge is 2.19. The van der Waals surface area contributed by atoms with E-state index in [1.54, 1.807) is 24.1 Å². The van der Waals surface area contributed by atoms with E-state index in [1.165, 1.54) is 11.1 Å². The number of halogens is 1. The second-order valence-corrected chi connectivity index (χ2v) is 7.22. The fourth-order valence-electron chi connectivity index (χ4n) is 3.21. The zero-order valence-corrected chi connectivity index (χ0v) is 17.0. The van der Waals surface area contributed by atoms with Gasteiger partial charge in [-0.15, -0.1) is 0 Å². The maximum Gasteiger partial charge on any atom is 0.255 e. The van der Waals surface area contributed by atoms with Crippen LogP contribution in [0.15, 0.2) is 66.9 Å². The largest absolute Gasteiger partial charge is 0.383 e. The summed E-state index contributed by atoms with van der Waals surface area (Å²) in [4.78, 5) is 14.9. The predicted octanol–water partition coefficient (Wildman–Crippen LogP) is 4.79. The van der Waals surface area contributed by atoms with E-state index in [9.17, 15) is 4.79 Å². The third kappa shape index (κ3) is 5.03. The number of methoxy groups -OCH3 is 1. The molecular weight excluding hydrogens is 372 g/mol. The predicted molar refractivity (Wildman–Crippen MR) is 113 cm³/mol. The molecule has 0 saturated heterocycles. The first kappa shape index (κ1) is 20.2. The maximum absolute atomic E-state index is 13.1. The molecule has 0 aliphatic rings. The van der Waals surface area contributed by atoms with Crippen LogP contribution in [0.1, 0.15) is 27.2 Å². The fraction of sp³-hybridized carbons (Fsp3) is 0.261. The number of carbonyl (C=O) groups excluding carboxylic acids is 1. The molecule has 3 aromatic rings. The highest BCUT2D eigenvalue weighted by atomic mass is 35.5. The lowest BCUT2D eigenvalue weighted by Gasteiger charge is -2.24. The molecule has 0 atom stereocenters. The summed E-state index contributed by atoms with van der Waals surface area (Å²) in [6, 6.07) is 19.7. The van der Waals surface area contributed by atoms with Gasteiger partial charge in [0.2, 0.25) is 0 Å². The van der Waals surface area contributed by atoms with E-state index in [0.717, 1.165) is 12.2 Å². The molecule has 0 saturated carbocycles. The number of benzene rings is 2. The first-order chi connectivity index (χ1) is 13.6. The summed E-state index contributed by atoms with van der Waals surface area (Å²) in [7, 11) is 1.64. The summed E-state index contributed by atoms with van der Waals surface area (Å²) in [6.07, 6.45) is 2.05. The second-order valence-electron chi connectivity index (χ2n) is 6.82. The summed E-state index contributed by atoms with van der Waals surface area (Å²) in [5, 5.41) is 0.463. The molecule has 0 unspecified atom stereocenters. The van der Waals surface area contributed by atoms with Gasteiger partial charge in [-0.3, -0.25) is 4.79 Å². The van der Waals surface area contributed by atoms with Crippen molar-refractivity contribution >= 4 is 17.5 Å². The van der Waals surface area contributed by atoms with Crippen molar-refractivity contribution in [3.05, 3.63) is 94.3 Å². The van der Waals surface area contributed by atoms with Crippen molar-refractivity contribution < 1.29 is 9.53 Å². The molecule has 3 rings (SSSR count). The van der Waals surface area contributed by atoms with Crippen LogP contribution in [0.25, 0.3) is 0 Å². The van der Waals surface area contributed by atoms with Gasteiger partial charge in [-0.05, 0) is 36.8 Å². The van der Waals surface area contributed by atoms with E-state index in [2.05, 4.69) is 41.8 Å². The number of aryl methyl sites for hydroxylation is 1. The van der Waals surface area contributed by atoms with Gasteiger partial charge in [0.1, 0.15) is 0 Å². The Morgan fingerprint density at radius 2 is 1.93 bits per heavy atom. The molecule has 1 heterocycles. The van der Waals surface area contributed by atoms with Gasteiger partial charge >= 0.3 is 0 Å². The molecule has 0 bridgehead atoms. The number of nitrogens with zero attached hydrogens (tertiary/aromatic N) is 2. The molecule has 0 aliphatic carbocycles. The minimum Gasteiger partial charge on any atom is -0.383 e. The van der Waals surface area contributed by atoms with E-state index in [1.807, 2.05) is 24.4 Å². The molecule has 0 spiro atoms. The standard InChI is InChI=1S/C23H25ClN2O2/c1-18-7-5-8-19(15-18)16-25-12-6-9-20(25)17-26(13-14-28-2)23(27)21-10-3-4-11-22(21)24/h3-12,15H,13-14,16-17H2,1-2H3. The molecule has 1 aromatic heterocycles. The quantitative estimate of drug-likeness (QED) is 0.548. The Balaban J connectivity index is 1.81. The number of carbonyl (C=O) groups is 1. The average Bonchev–Trinajstić information content (AvgIpc) is 3.11. The third-order valence-electron chi connectivity index (χ3n) is 4.67. The topological polar surface area (TPSA) is 34.5 Å². The van der Waals surface area contributed by atoms with Crippen molar-refractivity contribution in [2.45, 2.75) is 20.0 Å². The monoisotopic (exact) mass is 396 g/mol. The van der Waals surface area contributed by atoms with Gasteiger partial charge in [-0.25, -0.2) is 0 Å². The zero-order valence-electron chi connectivity index (χ0n) is 16.3. The number of aromatic nitrogens is 1. The highest BCUT2D eigenvalue weighted by Crippen LogP contribution is 2.19. The van der Waals surface area contributed by atoms with Crippen molar-refractivity contribution in [3.63, 3.8) is 0 Å². The van der Waals surface area contributed by atoms with E-state index < -0.39 is 0 Å². The Labute approximate surface area is 171 Å². The number of rotatable bonds is 8. The molecular formula is C23H25ClN2O2. The van der Waals surface area contributed by atoms with Crippen molar-refractivity contribution in [2.75, 3.05) is 20.3 Å². The van der Waals surface area contributed by atoms with Gasteiger partial charge in [0.05, 0.1) is 23.7 Å². The van der Waals surface area contributed by atoms with Crippen LogP contribution in [0, 0.1) is 6.92 Å².